The van der Waals surface area contributed by atoms with Crippen molar-refractivity contribution in [1.82, 2.24) is 5.16 Å². The van der Waals surface area contributed by atoms with Crippen LogP contribution in [0.4, 0.5) is 0 Å². The first-order chi connectivity index (χ1) is 9.54. The molecular formula is C15H17NO3S. The van der Waals surface area contributed by atoms with Crippen molar-refractivity contribution >= 4 is 17.7 Å². The van der Waals surface area contributed by atoms with Gasteiger partial charge in [0.1, 0.15) is 11.5 Å². The second-order valence-corrected chi connectivity index (χ2v) is 6.19. The standard InChI is InChI=1S/C15H17NO3S/c1-10-3-5-12(6-4-10)14-8-13(19-16-14)9-20-11(2)7-15(17)18/h3-6,8,11H,7,9H2,1-2H3,(H,17,18). The molecule has 0 fully saturated rings. The first-order valence-electron chi connectivity index (χ1n) is 6.40. The average Bonchev–Trinajstić information content (AvgIpc) is 2.85. The van der Waals surface area contributed by atoms with Crippen LogP contribution < -0.4 is 0 Å². The number of thioether (sulfide) groups is 1. The Labute approximate surface area is 122 Å². The maximum Gasteiger partial charge on any atom is 0.304 e. The van der Waals surface area contributed by atoms with Gasteiger partial charge in [0.05, 0.1) is 12.2 Å². The number of benzene rings is 1. The number of aromatic nitrogens is 1. The highest BCUT2D eigenvalue weighted by atomic mass is 32.2. The van der Waals surface area contributed by atoms with Crippen LogP contribution >= 0.6 is 11.8 Å². The largest absolute Gasteiger partial charge is 0.481 e. The summed E-state index contributed by atoms with van der Waals surface area (Å²) in [7, 11) is 0. The molecule has 0 amide bonds. The van der Waals surface area contributed by atoms with Gasteiger partial charge in [-0.25, -0.2) is 0 Å². The number of aryl methyl sites for hydroxylation is 1. The highest BCUT2D eigenvalue weighted by Crippen LogP contribution is 2.24. The Morgan fingerprint density at radius 3 is 2.75 bits per heavy atom. The third kappa shape index (κ3) is 4.13. The predicted molar refractivity (Wildman–Crippen MR) is 79.7 cm³/mol. The molecule has 1 heterocycles. The van der Waals surface area contributed by atoms with E-state index in [2.05, 4.69) is 5.16 Å². The second-order valence-electron chi connectivity index (χ2n) is 4.76. The maximum atomic E-state index is 10.6. The van der Waals surface area contributed by atoms with E-state index in [1.54, 1.807) is 11.8 Å². The molecule has 20 heavy (non-hydrogen) atoms. The van der Waals surface area contributed by atoms with Crippen LogP contribution in [0.25, 0.3) is 11.3 Å². The van der Waals surface area contributed by atoms with E-state index in [1.165, 1.54) is 5.56 Å². The zero-order valence-electron chi connectivity index (χ0n) is 11.5. The van der Waals surface area contributed by atoms with Gasteiger partial charge in [0.25, 0.3) is 0 Å². The SMILES string of the molecule is Cc1ccc(-c2cc(CSC(C)CC(=O)O)on2)cc1. The van der Waals surface area contributed by atoms with Crippen LogP contribution in [0.3, 0.4) is 0 Å². The van der Waals surface area contributed by atoms with Crippen molar-refractivity contribution in [3.8, 4) is 11.3 Å². The fourth-order valence-corrected chi connectivity index (χ4v) is 2.62. The van der Waals surface area contributed by atoms with Crippen LogP contribution in [0.15, 0.2) is 34.9 Å². The predicted octanol–water partition coefficient (Wildman–Crippen LogP) is 3.75. The monoisotopic (exact) mass is 291 g/mol. The van der Waals surface area contributed by atoms with Crippen molar-refractivity contribution in [3.63, 3.8) is 0 Å². The molecule has 0 saturated heterocycles. The molecule has 0 bridgehead atoms. The normalized spacial score (nSPS) is 12.3. The number of carboxylic acid groups (broad SMARTS) is 1. The third-order valence-corrected chi connectivity index (χ3v) is 4.07. The Balaban J connectivity index is 1.95. The van der Waals surface area contributed by atoms with Crippen LogP contribution in [-0.4, -0.2) is 21.5 Å². The minimum Gasteiger partial charge on any atom is -0.481 e. The van der Waals surface area contributed by atoms with E-state index in [-0.39, 0.29) is 11.7 Å². The molecule has 0 saturated carbocycles. The Bertz CT molecular complexity index is 577. The summed E-state index contributed by atoms with van der Waals surface area (Å²) in [6, 6.07) is 10.0. The summed E-state index contributed by atoms with van der Waals surface area (Å²) < 4.78 is 5.29. The first-order valence-corrected chi connectivity index (χ1v) is 7.45. The van der Waals surface area contributed by atoms with Crippen molar-refractivity contribution in [2.75, 3.05) is 0 Å². The van der Waals surface area contributed by atoms with Crippen LogP contribution in [0, 0.1) is 6.92 Å². The van der Waals surface area contributed by atoms with Gasteiger partial charge in [-0.05, 0) is 6.92 Å². The molecule has 1 aromatic heterocycles. The smallest absolute Gasteiger partial charge is 0.304 e. The van der Waals surface area contributed by atoms with Crippen LogP contribution in [0.5, 0.6) is 0 Å². The van der Waals surface area contributed by atoms with Gasteiger partial charge in [0, 0.05) is 16.9 Å². The van der Waals surface area contributed by atoms with Gasteiger partial charge in [0.2, 0.25) is 0 Å². The van der Waals surface area contributed by atoms with Crippen LogP contribution in [0.1, 0.15) is 24.7 Å². The van der Waals surface area contributed by atoms with E-state index >= 15 is 0 Å². The molecule has 2 aromatic rings. The number of hydrogen-bond donors (Lipinski definition) is 1. The van der Waals surface area contributed by atoms with E-state index in [4.69, 9.17) is 9.63 Å². The summed E-state index contributed by atoms with van der Waals surface area (Å²) in [6.07, 6.45) is 0.156. The number of rotatable bonds is 6. The number of carboxylic acids is 1. The van der Waals surface area contributed by atoms with E-state index < -0.39 is 5.97 Å². The molecule has 4 nitrogen and oxygen atoms in total. The van der Waals surface area contributed by atoms with E-state index in [1.807, 2.05) is 44.2 Å². The molecule has 0 spiro atoms. The summed E-state index contributed by atoms with van der Waals surface area (Å²) in [5.41, 5.74) is 3.04. The van der Waals surface area contributed by atoms with Crippen molar-refractivity contribution in [3.05, 3.63) is 41.7 Å². The topological polar surface area (TPSA) is 63.3 Å². The zero-order valence-corrected chi connectivity index (χ0v) is 12.3. The third-order valence-electron chi connectivity index (χ3n) is 2.88. The van der Waals surface area contributed by atoms with Crippen molar-refractivity contribution in [2.45, 2.75) is 31.3 Å². The molecule has 1 unspecified atom stereocenters. The maximum absolute atomic E-state index is 10.6. The Morgan fingerprint density at radius 1 is 1.40 bits per heavy atom. The van der Waals surface area contributed by atoms with Gasteiger partial charge in [-0.15, -0.1) is 0 Å². The highest BCUT2D eigenvalue weighted by molar-refractivity contribution is 7.99. The van der Waals surface area contributed by atoms with Crippen LogP contribution in [-0.2, 0) is 10.5 Å². The molecular weight excluding hydrogens is 274 g/mol. The van der Waals surface area contributed by atoms with E-state index in [0.29, 0.717) is 5.75 Å². The Kier molecular flexibility index (Phi) is 4.84. The molecule has 0 radical (unpaired) electrons. The van der Waals surface area contributed by atoms with Crippen molar-refractivity contribution in [2.24, 2.45) is 0 Å². The van der Waals surface area contributed by atoms with Crippen molar-refractivity contribution < 1.29 is 14.4 Å². The molecule has 1 atom stereocenters. The van der Waals surface area contributed by atoms with E-state index in [9.17, 15) is 4.79 Å². The summed E-state index contributed by atoms with van der Waals surface area (Å²) in [4.78, 5) is 10.6. The summed E-state index contributed by atoms with van der Waals surface area (Å²) in [6.45, 7) is 3.94. The number of hydrogen-bond acceptors (Lipinski definition) is 4. The van der Waals surface area contributed by atoms with Gasteiger partial charge >= 0.3 is 5.97 Å². The number of aliphatic carboxylic acids is 1. The second kappa shape index (κ2) is 6.61. The lowest BCUT2D eigenvalue weighted by molar-refractivity contribution is -0.136. The highest BCUT2D eigenvalue weighted by Gasteiger charge is 2.11. The van der Waals surface area contributed by atoms with Gasteiger partial charge in [-0.3, -0.25) is 4.79 Å². The lowest BCUT2D eigenvalue weighted by Gasteiger charge is -2.05. The van der Waals surface area contributed by atoms with Gasteiger partial charge in [0.15, 0.2) is 0 Å². The Hall–Kier alpha value is -1.75. The average molecular weight is 291 g/mol. The fraction of sp³-hybridized carbons (Fsp3) is 0.333. The summed E-state index contributed by atoms with van der Waals surface area (Å²) in [5, 5.41) is 12.8. The zero-order chi connectivity index (χ0) is 14.5. The number of carbonyl (C=O) groups is 1. The molecule has 0 aliphatic rings. The van der Waals surface area contributed by atoms with Gasteiger partial charge in [-0.1, -0.05) is 41.9 Å². The first kappa shape index (κ1) is 14.7. The van der Waals surface area contributed by atoms with E-state index in [0.717, 1.165) is 17.0 Å². The minimum absolute atomic E-state index is 0.0559. The van der Waals surface area contributed by atoms with Gasteiger partial charge < -0.3 is 9.63 Å². The minimum atomic E-state index is -0.775. The Morgan fingerprint density at radius 2 is 2.10 bits per heavy atom. The fourth-order valence-electron chi connectivity index (χ4n) is 1.77. The summed E-state index contributed by atoms with van der Waals surface area (Å²) in [5.74, 6) is 0.624. The summed E-state index contributed by atoms with van der Waals surface area (Å²) >= 11 is 1.55. The molecule has 1 aromatic carbocycles. The molecule has 106 valence electrons. The van der Waals surface area contributed by atoms with Crippen molar-refractivity contribution in [1.29, 1.82) is 0 Å². The molecule has 1 N–H and O–H groups in total. The van der Waals surface area contributed by atoms with Gasteiger partial charge in [-0.2, -0.15) is 11.8 Å². The number of nitrogens with zero attached hydrogens (tertiary/aromatic N) is 1. The molecule has 5 heteroatoms. The molecule has 0 aliphatic carbocycles. The lowest BCUT2D eigenvalue weighted by atomic mass is 10.1. The molecule has 0 aliphatic heterocycles. The van der Waals surface area contributed by atoms with Crippen LogP contribution in [0.2, 0.25) is 0 Å². The lowest BCUT2D eigenvalue weighted by Crippen LogP contribution is -2.05. The quantitative estimate of drug-likeness (QED) is 0.878. The molecule has 2 rings (SSSR count).